The van der Waals surface area contributed by atoms with Crippen LogP contribution in [0.25, 0.3) is 10.8 Å². The second kappa shape index (κ2) is 17.3. The number of rotatable bonds is 9. The number of fused-ring (bicyclic) bond motifs is 3. The molecule has 4 amide bonds. The van der Waals surface area contributed by atoms with Crippen LogP contribution in [-0.2, 0) is 33.9 Å². The number of methoxy groups -OCH3 is 1. The van der Waals surface area contributed by atoms with Gasteiger partial charge in [0.25, 0.3) is 5.91 Å². The summed E-state index contributed by atoms with van der Waals surface area (Å²) in [6.45, 7) is 8.65. The fourth-order valence-corrected chi connectivity index (χ4v) is 9.97. The number of alkyl carbamates (subject to hydrolysis) is 1. The van der Waals surface area contributed by atoms with Crippen molar-refractivity contribution in [2.75, 3.05) is 44.9 Å². The van der Waals surface area contributed by atoms with E-state index in [-0.39, 0.29) is 31.2 Å². The number of morpholine rings is 1. The Kier molecular flexibility index (Phi) is 12.6. The van der Waals surface area contributed by atoms with Crippen molar-refractivity contribution in [1.82, 2.24) is 25.2 Å². The summed E-state index contributed by atoms with van der Waals surface area (Å²) in [6.07, 6.45) is 0.268. The maximum absolute atomic E-state index is 14.9. The molecule has 3 N–H and O–H groups in total. The molecule has 2 saturated carbocycles. The number of carbonyl (C=O) groups excluding carboxylic acids is 4. The number of amides is 4. The molecule has 0 radical (unpaired) electrons. The van der Waals surface area contributed by atoms with Crippen LogP contribution in [0.4, 0.5) is 23.7 Å². The lowest BCUT2D eigenvalue weighted by molar-refractivity contribution is -0.244. The van der Waals surface area contributed by atoms with Crippen LogP contribution in [0.15, 0.2) is 36.5 Å². The molecule has 4 fully saturated rings. The zero-order valence-corrected chi connectivity index (χ0v) is 37.2. The molecule has 4 heterocycles. The minimum absolute atomic E-state index is 0.0465. The van der Waals surface area contributed by atoms with E-state index in [4.69, 9.17) is 18.9 Å². The van der Waals surface area contributed by atoms with Gasteiger partial charge in [-0.25, -0.2) is 18.2 Å². The number of carbonyl (C=O) groups is 4. The van der Waals surface area contributed by atoms with E-state index >= 15 is 0 Å². The molecular formula is C43H57F3N6O10S. The molecule has 0 unspecified atom stereocenters. The van der Waals surface area contributed by atoms with Crippen molar-refractivity contribution in [3.05, 3.63) is 36.5 Å². The van der Waals surface area contributed by atoms with Crippen molar-refractivity contribution >= 4 is 50.3 Å². The highest BCUT2D eigenvalue weighted by molar-refractivity contribution is 7.91. The molecule has 7 atom stereocenters. The van der Waals surface area contributed by atoms with E-state index in [0.29, 0.717) is 83.4 Å². The predicted octanol–water partition coefficient (Wildman–Crippen LogP) is 4.75. The van der Waals surface area contributed by atoms with Crippen LogP contribution in [0.1, 0.15) is 79.6 Å². The van der Waals surface area contributed by atoms with Crippen LogP contribution >= 0.6 is 0 Å². The Morgan fingerprint density at radius 2 is 1.78 bits per heavy atom. The lowest BCUT2D eigenvalue weighted by Gasteiger charge is -2.34. The van der Waals surface area contributed by atoms with Crippen LogP contribution < -0.4 is 29.7 Å². The average Bonchev–Trinajstić information content (AvgIpc) is 4.10. The molecule has 1 aromatic heterocycles. The van der Waals surface area contributed by atoms with E-state index in [1.807, 2.05) is 19.1 Å². The molecule has 2 saturated heterocycles. The quantitative estimate of drug-likeness (QED) is 0.293. The van der Waals surface area contributed by atoms with Crippen LogP contribution in [0.3, 0.4) is 0 Å². The lowest BCUT2D eigenvalue weighted by Crippen LogP contribution is -2.59. The molecule has 7 rings (SSSR count). The molecular weight excluding hydrogens is 850 g/mol. The molecule has 63 heavy (non-hydrogen) atoms. The number of pyridine rings is 1. The Balaban J connectivity index is 1.24. The first-order valence-electron chi connectivity index (χ1n) is 21.5. The van der Waals surface area contributed by atoms with E-state index in [1.165, 1.54) is 4.90 Å². The smallest absolute Gasteiger partial charge is 0.427 e. The molecule has 16 nitrogen and oxygen atoms in total. The van der Waals surface area contributed by atoms with Crippen molar-refractivity contribution in [3.8, 4) is 11.6 Å². The monoisotopic (exact) mass is 906 g/mol. The van der Waals surface area contributed by atoms with Gasteiger partial charge in [-0.15, -0.1) is 0 Å². The summed E-state index contributed by atoms with van der Waals surface area (Å²) in [5.41, 5.74) is -3.73. The number of hydrogen-bond acceptors (Lipinski definition) is 12. The van der Waals surface area contributed by atoms with Crippen molar-refractivity contribution < 1.29 is 59.7 Å². The Bertz CT molecular complexity index is 2250. The summed E-state index contributed by atoms with van der Waals surface area (Å²) < 4.78 is 91.6. The van der Waals surface area contributed by atoms with E-state index in [1.54, 1.807) is 45.4 Å². The number of alkyl halides is 3. The first-order valence-corrected chi connectivity index (χ1v) is 22.9. The van der Waals surface area contributed by atoms with Gasteiger partial charge >= 0.3 is 12.3 Å². The summed E-state index contributed by atoms with van der Waals surface area (Å²) >= 11 is 0. The lowest BCUT2D eigenvalue weighted by atomic mass is 9.88. The molecule has 20 heteroatoms. The molecule has 2 aliphatic carbocycles. The largest absolute Gasteiger partial charge is 0.497 e. The Labute approximate surface area is 365 Å². The zero-order chi connectivity index (χ0) is 45.7. The maximum Gasteiger partial charge on any atom is 0.427 e. The summed E-state index contributed by atoms with van der Waals surface area (Å²) in [7, 11) is -2.54. The number of ether oxygens (including phenoxy) is 4. The predicted molar refractivity (Wildman–Crippen MR) is 224 cm³/mol. The number of benzene rings is 1. The van der Waals surface area contributed by atoms with Gasteiger partial charge in [0.15, 0.2) is 0 Å². The third kappa shape index (κ3) is 9.52. The van der Waals surface area contributed by atoms with Crippen LogP contribution in [0.5, 0.6) is 11.6 Å². The fraction of sp³-hybridized carbons (Fsp3) is 0.651. The zero-order valence-electron chi connectivity index (χ0n) is 36.4. The van der Waals surface area contributed by atoms with Gasteiger partial charge in [0.1, 0.15) is 29.5 Å². The van der Waals surface area contributed by atoms with Crippen LogP contribution in [-0.4, -0.2) is 122 Å². The van der Waals surface area contributed by atoms with Crippen LogP contribution in [0, 0.1) is 17.8 Å². The van der Waals surface area contributed by atoms with Crippen LogP contribution in [0.2, 0.25) is 0 Å². The maximum atomic E-state index is 14.9. The number of hydrogen-bond donors (Lipinski definition) is 3. The SMILES string of the molecule is COc1ccc2c(O[C@@H]3C[C@H]4C(=O)N[C@]5(C(=O)NS(=O)(=O)C6(C)CC6)C[C@H]5/C=C\CC[C@@H](C)C[C@@H](C)[C@H](NC(=O)OC(C)(C)C(F)(F)F)C(=O)N4C3)ncc(N3CCOCC3)c2c1. The number of halogens is 3. The van der Waals surface area contributed by atoms with Gasteiger partial charge < -0.3 is 39.4 Å². The van der Waals surface area contributed by atoms with Crippen molar-refractivity contribution in [3.63, 3.8) is 0 Å². The number of anilines is 1. The molecule has 346 valence electrons. The highest BCUT2D eigenvalue weighted by Crippen LogP contribution is 2.48. The number of aromatic nitrogens is 1. The van der Waals surface area contributed by atoms with Crippen molar-refractivity contribution in [2.24, 2.45) is 17.8 Å². The summed E-state index contributed by atoms with van der Waals surface area (Å²) in [5, 5.41) is 6.61. The third-order valence-electron chi connectivity index (χ3n) is 13.2. The normalized spacial score (nSPS) is 29.5. The molecule has 5 aliphatic rings. The highest BCUT2D eigenvalue weighted by atomic mass is 32.2. The molecule has 3 aliphatic heterocycles. The first-order chi connectivity index (χ1) is 29.6. The van der Waals surface area contributed by atoms with E-state index in [0.717, 1.165) is 11.1 Å². The fourth-order valence-electron chi connectivity index (χ4n) is 8.66. The van der Waals surface area contributed by atoms with Gasteiger partial charge in [0.05, 0.1) is 43.5 Å². The Morgan fingerprint density at radius 1 is 1.06 bits per heavy atom. The van der Waals surface area contributed by atoms with Gasteiger partial charge in [0.2, 0.25) is 33.3 Å². The summed E-state index contributed by atoms with van der Waals surface area (Å²) in [4.78, 5) is 64.9. The Morgan fingerprint density at radius 3 is 2.44 bits per heavy atom. The number of nitrogens with zero attached hydrogens (tertiary/aromatic N) is 3. The molecule has 0 spiro atoms. The topological polar surface area (TPSA) is 195 Å². The number of nitrogens with one attached hydrogen (secondary N) is 3. The second-order valence-corrected chi connectivity index (χ2v) is 20.6. The Hall–Kier alpha value is -4.85. The minimum atomic E-state index is -4.92. The van der Waals surface area contributed by atoms with Gasteiger partial charge in [0, 0.05) is 36.2 Å². The summed E-state index contributed by atoms with van der Waals surface area (Å²) in [6, 6.07) is 2.62. The minimum Gasteiger partial charge on any atom is -0.497 e. The number of sulfonamides is 1. The highest BCUT2D eigenvalue weighted by Gasteiger charge is 2.63. The molecule has 0 bridgehead atoms. The standard InChI is InChI=1S/C43H57F3N6O10S/c1-25-9-7-8-10-27-22-42(27,38(55)50-63(57,58)41(5)13-14-41)49-35(53)32-21-29(24-52(32)37(54)34(26(2)19-25)48-39(56)62-40(3,4)43(44,45)46)61-36-30-12-11-28(59-6)20-31(30)33(23-47-36)51-15-17-60-18-16-51/h8,10-12,20,23,25-27,29,32,34H,7,9,13-19,21-22,24H2,1-6H3,(H,48,56)(H,49,53)(H,50,55)/b10-8-/t25-,26-,27-,29-,32+,34+,42-/m1/s1. The van der Waals surface area contributed by atoms with Crippen molar-refractivity contribution in [2.45, 2.75) is 120 Å². The third-order valence-corrected chi connectivity index (χ3v) is 15.4. The van der Waals surface area contributed by atoms with Gasteiger partial charge in [-0.05, 0) is 89.3 Å². The molecule has 2 aromatic rings. The van der Waals surface area contributed by atoms with E-state index in [9.17, 15) is 40.8 Å². The van der Waals surface area contributed by atoms with E-state index < -0.39 is 85.9 Å². The summed E-state index contributed by atoms with van der Waals surface area (Å²) in [5.74, 6) is -2.93. The average molecular weight is 907 g/mol. The van der Waals surface area contributed by atoms with Gasteiger partial charge in [-0.2, -0.15) is 13.2 Å². The molecule has 1 aromatic carbocycles. The van der Waals surface area contributed by atoms with E-state index in [2.05, 4.69) is 25.2 Å². The van der Waals surface area contributed by atoms with Gasteiger partial charge in [-0.1, -0.05) is 26.0 Å². The second-order valence-electron chi connectivity index (χ2n) is 18.4. The first kappa shape index (κ1) is 46.2. The van der Waals surface area contributed by atoms with Crippen molar-refractivity contribution in [1.29, 1.82) is 0 Å². The van der Waals surface area contributed by atoms with Gasteiger partial charge in [-0.3, -0.25) is 19.1 Å². The number of allylic oxidation sites excluding steroid dienone is 1.